The molecule has 0 aliphatic carbocycles. The van der Waals surface area contributed by atoms with E-state index in [2.05, 4.69) is 15.3 Å². The molecule has 26 heavy (non-hydrogen) atoms. The number of rotatable bonds is 4. The third-order valence-electron chi connectivity index (χ3n) is 3.83. The smallest absolute Gasteiger partial charge is 0.165 e. The molecule has 4 aromatic rings. The Balaban J connectivity index is 1.70. The average molecular weight is 384 g/mol. The molecule has 6 nitrogen and oxygen atoms in total. The number of thiazole rings is 1. The molecule has 130 valence electrons. The zero-order valence-electron chi connectivity index (χ0n) is 13.8. The third-order valence-corrected chi connectivity index (χ3v) is 4.91. The summed E-state index contributed by atoms with van der Waals surface area (Å²) in [6, 6.07) is 15.0. The van der Waals surface area contributed by atoms with Crippen LogP contribution < -0.4 is 10.5 Å². The van der Waals surface area contributed by atoms with Crippen LogP contribution in [0.1, 0.15) is 0 Å². The Morgan fingerprint density at radius 2 is 2.00 bits per heavy atom. The minimum absolute atomic E-state index is 0.416. The quantitative estimate of drug-likeness (QED) is 0.568. The Labute approximate surface area is 158 Å². The van der Waals surface area contributed by atoms with Crippen molar-refractivity contribution in [3.8, 4) is 33.4 Å². The molecular formula is C18H14ClN5OS. The summed E-state index contributed by atoms with van der Waals surface area (Å²) in [6.45, 7) is 0. The van der Waals surface area contributed by atoms with Crippen LogP contribution >= 0.6 is 22.9 Å². The van der Waals surface area contributed by atoms with Crippen LogP contribution in [0.3, 0.4) is 0 Å². The van der Waals surface area contributed by atoms with Crippen molar-refractivity contribution in [2.45, 2.75) is 0 Å². The number of halogens is 1. The van der Waals surface area contributed by atoms with E-state index in [-0.39, 0.29) is 0 Å². The van der Waals surface area contributed by atoms with Crippen LogP contribution in [-0.2, 0) is 0 Å². The number of methoxy groups -OCH3 is 1. The highest BCUT2D eigenvalue weighted by Gasteiger charge is 2.17. The van der Waals surface area contributed by atoms with Crippen molar-refractivity contribution in [1.29, 1.82) is 0 Å². The second kappa shape index (κ2) is 6.78. The fourth-order valence-electron chi connectivity index (χ4n) is 2.54. The maximum atomic E-state index is 6.25. The van der Waals surface area contributed by atoms with Gasteiger partial charge in [-0.2, -0.15) is 4.68 Å². The summed E-state index contributed by atoms with van der Waals surface area (Å²) >= 11 is 7.51. The lowest BCUT2D eigenvalue weighted by molar-refractivity contribution is 0.415. The lowest BCUT2D eigenvalue weighted by Gasteiger charge is -2.03. The topological polar surface area (TPSA) is 78.9 Å². The molecule has 0 radical (unpaired) electrons. The van der Waals surface area contributed by atoms with E-state index in [1.54, 1.807) is 23.9 Å². The Morgan fingerprint density at radius 1 is 1.15 bits per heavy atom. The van der Waals surface area contributed by atoms with Crippen LogP contribution in [-0.4, -0.2) is 27.1 Å². The minimum Gasteiger partial charge on any atom is -0.497 e. The van der Waals surface area contributed by atoms with Gasteiger partial charge in [-0.3, -0.25) is 0 Å². The number of hydrogen-bond acceptors (Lipinski definition) is 6. The first-order valence-corrected chi connectivity index (χ1v) is 8.99. The maximum absolute atomic E-state index is 6.25. The number of nitrogens with two attached hydrogens (primary N) is 1. The van der Waals surface area contributed by atoms with Gasteiger partial charge in [0.25, 0.3) is 0 Å². The van der Waals surface area contributed by atoms with Crippen LogP contribution in [0.15, 0.2) is 53.9 Å². The van der Waals surface area contributed by atoms with Gasteiger partial charge in [-0.1, -0.05) is 35.0 Å². The number of nitrogen functional groups attached to an aromatic ring is 1. The molecule has 0 saturated carbocycles. The highest BCUT2D eigenvalue weighted by atomic mass is 35.5. The number of benzene rings is 2. The second-order valence-corrected chi connectivity index (χ2v) is 6.78. The largest absolute Gasteiger partial charge is 0.497 e. The van der Waals surface area contributed by atoms with Crippen molar-refractivity contribution < 1.29 is 4.74 Å². The van der Waals surface area contributed by atoms with Gasteiger partial charge in [0.05, 0.1) is 18.5 Å². The van der Waals surface area contributed by atoms with Crippen molar-refractivity contribution in [3.05, 3.63) is 58.9 Å². The number of aromatic nitrogens is 4. The van der Waals surface area contributed by atoms with E-state index in [1.165, 1.54) is 11.3 Å². The molecule has 0 amide bonds. The Morgan fingerprint density at radius 3 is 2.81 bits per heavy atom. The molecule has 8 heteroatoms. The Bertz CT molecular complexity index is 1070. The summed E-state index contributed by atoms with van der Waals surface area (Å²) in [4.78, 5) is 4.65. The lowest BCUT2D eigenvalue weighted by atomic mass is 10.2. The molecule has 0 spiro atoms. The lowest BCUT2D eigenvalue weighted by Crippen LogP contribution is -2.02. The van der Waals surface area contributed by atoms with Gasteiger partial charge in [-0.05, 0) is 30.3 Å². The predicted octanol–water partition coefficient (Wildman–Crippen LogP) is 4.30. The van der Waals surface area contributed by atoms with E-state index in [4.69, 9.17) is 22.1 Å². The van der Waals surface area contributed by atoms with E-state index < -0.39 is 0 Å². The number of nitrogens with zero attached hydrogens (tertiary/aromatic N) is 4. The van der Waals surface area contributed by atoms with Crippen LogP contribution in [0, 0.1) is 0 Å². The van der Waals surface area contributed by atoms with Gasteiger partial charge in [0, 0.05) is 16.0 Å². The molecule has 0 bridgehead atoms. The molecule has 2 N–H and O–H groups in total. The molecule has 2 aromatic carbocycles. The SMILES string of the molecule is COc1cccc(-c2csc(-c3nnn(-c4cccc(Cl)c4)c3N)n2)c1. The van der Waals surface area contributed by atoms with Crippen LogP contribution in [0.25, 0.3) is 27.6 Å². The molecule has 0 aliphatic heterocycles. The van der Waals surface area contributed by atoms with E-state index in [0.717, 1.165) is 22.7 Å². The van der Waals surface area contributed by atoms with Crippen LogP contribution in [0.4, 0.5) is 5.82 Å². The van der Waals surface area contributed by atoms with Gasteiger partial charge >= 0.3 is 0 Å². The third kappa shape index (κ3) is 3.02. The average Bonchev–Trinajstić information content (AvgIpc) is 3.28. The maximum Gasteiger partial charge on any atom is 0.165 e. The summed E-state index contributed by atoms with van der Waals surface area (Å²) in [5.74, 6) is 1.20. The summed E-state index contributed by atoms with van der Waals surface area (Å²) in [5.41, 5.74) is 9.35. The number of ether oxygens (including phenoxy) is 1. The van der Waals surface area contributed by atoms with Gasteiger partial charge in [0.2, 0.25) is 0 Å². The molecule has 4 rings (SSSR count). The molecule has 2 heterocycles. The highest BCUT2D eigenvalue weighted by molar-refractivity contribution is 7.13. The normalized spacial score (nSPS) is 10.8. The second-order valence-electron chi connectivity index (χ2n) is 5.48. The van der Waals surface area contributed by atoms with Gasteiger partial charge in [0.15, 0.2) is 11.5 Å². The zero-order valence-corrected chi connectivity index (χ0v) is 15.3. The molecule has 0 unspecified atom stereocenters. The van der Waals surface area contributed by atoms with Crippen molar-refractivity contribution in [3.63, 3.8) is 0 Å². The number of anilines is 1. The standard InChI is InChI=1S/C18H14ClN5OS/c1-25-14-7-2-4-11(8-14)15-10-26-18(21-15)16-17(20)24(23-22-16)13-6-3-5-12(19)9-13/h2-10H,20H2,1H3. The zero-order chi connectivity index (χ0) is 18.1. The molecular weight excluding hydrogens is 370 g/mol. The van der Waals surface area contributed by atoms with Crippen LogP contribution in [0.5, 0.6) is 5.75 Å². The fourth-order valence-corrected chi connectivity index (χ4v) is 3.54. The molecule has 2 aromatic heterocycles. The number of hydrogen-bond donors (Lipinski definition) is 1. The molecule has 0 fully saturated rings. The summed E-state index contributed by atoms with van der Waals surface area (Å²) in [7, 11) is 1.64. The van der Waals surface area contributed by atoms with Crippen LogP contribution in [0.2, 0.25) is 5.02 Å². The van der Waals surface area contributed by atoms with E-state index >= 15 is 0 Å². The Hall–Kier alpha value is -2.90. The molecule has 0 aliphatic rings. The van der Waals surface area contributed by atoms with Gasteiger partial charge in [-0.15, -0.1) is 16.4 Å². The van der Waals surface area contributed by atoms with Gasteiger partial charge < -0.3 is 10.5 Å². The van der Waals surface area contributed by atoms with E-state index in [1.807, 2.05) is 41.8 Å². The minimum atomic E-state index is 0.416. The summed E-state index contributed by atoms with van der Waals surface area (Å²) in [6.07, 6.45) is 0. The molecule has 0 saturated heterocycles. The highest BCUT2D eigenvalue weighted by Crippen LogP contribution is 2.32. The Kier molecular flexibility index (Phi) is 4.32. The van der Waals surface area contributed by atoms with E-state index in [0.29, 0.717) is 21.5 Å². The first kappa shape index (κ1) is 16.6. The van der Waals surface area contributed by atoms with Crippen molar-refractivity contribution in [2.75, 3.05) is 12.8 Å². The fraction of sp³-hybridized carbons (Fsp3) is 0.0556. The summed E-state index contributed by atoms with van der Waals surface area (Å²) in [5, 5.41) is 11.6. The van der Waals surface area contributed by atoms with Gasteiger partial charge in [-0.25, -0.2) is 4.98 Å². The summed E-state index contributed by atoms with van der Waals surface area (Å²) < 4.78 is 6.82. The van der Waals surface area contributed by atoms with Crippen molar-refractivity contribution >= 4 is 28.8 Å². The van der Waals surface area contributed by atoms with Crippen molar-refractivity contribution in [1.82, 2.24) is 20.0 Å². The monoisotopic (exact) mass is 383 g/mol. The predicted molar refractivity (Wildman–Crippen MR) is 104 cm³/mol. The first-order valence-electron chi connectivity index (χ1n) is 7.73. The molecule has 0 atom stereocenters. The van der Waals surface area contributed by atoms with Crippen molar-refractivity contribution in [2.24, 2.45) is 0 Å². The van der Waals surface area contributed by atoms with E-state index in [9.17, 15) is 0 Å². The van der Waals surface area contributed by atoms with Gasteiger partial charge in [0.1, 0.15) is 10.8 Å². The first-order chi connectivity index (χ1) is 12.7.